The van der Waals surface area contributed by atoms with Gasteiger partial charge in [0.2, 0.25) is 11.8 Å². The van der Waals surface area contributed by atoms with Crippen LogP contribution in [0.3, 0.4) is 0 Å². The van der Waals surface area contributed by atoms with E-state index in [2.05, 4.69) is 28.1 Å². The normalized spacial score (nSPS) is 12.3. The van der Waals surface area contributed by atoms with Crippen molar-refractivity contribution in [1.82, 2.24) is 16.0 Å². The number of hydrogen-bond donors (Lipinski definition) is 4. The van der Waals surface area contributed by atoms with E-state index in [0.29, 0.717) is 6.42 Å². The summed E-state index contributed by atoms with van der Waals surface area (Å²) in [5.41, 5.74) is 3.69. The van der Waals surface area contributed by atoms with Gasteiger partial charge in [-0.3, -0.25) is 14.4 Å². The molecule has 9 nitrogen and oxygen atoms in total. The average molecular weight is 468 g/mol. The van der Waals surface area contributed by atoms with Gasteiger partial charge in [-0.15, -0.1) is 0 Å². The first kappa shape index (κ1) is 24.8. The van der Waals surface area contributed by atoms with Crippen LogP contribution < -0.4 is 16.0 Å². The van der Waals surface area contributed by atoms with Gasteiger partial charge in [0.25, 0.3) is 0 Å². The van der Waals surface area contributed by atoms with Crippen molar-refractivity contribution in [3.8, 4) is 11.1 Å². The molecule has 2 aromatic carbocycles. The van der Waals surface area contributed by atoms with Crippen LogP contribution in [-0.4, -0.2) is 55.2 Å². The summed E-state index contributed by atoms with van der Waals surface area (Å²) in [6.07, 6.45) is -0.245. The number of carboxylic acid groups (broad SMARTS) is 1. The van der Waals surface area contributed by atoms with E-state index in [1.165, 1.54) is 0 Å². The molecule has 1 aliphatic rings. The van der Waals surface area contributed by atoms with Crippen LogP contribution in [0.15, 0.2) is 48.5 Å². The van der Waals surface area contributed by atoms with Gasteiger partial charge < -0.3 is 25.8 Å². The van der Waals surface area contributed by atoms with Crippen molar-refractivity contribution in [2.24, 2.45) is 5.41 Å². The van der Waals surface area contributed by atoms with E-state index >= 15 is 0 Å². The first-order chi connectivity index (χ1) is 16.2. The number of fused-ring (bicyclic) bond motifs is 3. The highest BCUT2D eigenvalue weighted by molar-refractivity contribution is 5.88. The molecule has 0 saturated heterocycles. The minimum absolute atomic E-state index is 0.0346. The monoisotopic (exact) mass is 467 g/mol. The van der Waals surface area contributed by atoms with Crippen LogP contribution in [0.1, 0.15) is 37.3 Å². The summed E-state index contributed by atoms with van der Waals surface area (Å²) < 4.78 is 5.49. The highest BCUT2D eigenvalue weighted by atomic mass is 16.5. The zero-order chi connectivity index (χ0) is 24.7. The van der Waals surface area contributed by atoms with Crippen molar-refractivity contribution < 1.29 is 29.0 Å². The molecule has 2 aromatic rings. The molecular weight excluding hydrogens is 438 g/mol. The van der Waals surface area contributed by atoms with Crippen molar-refractivity contribution in [2.75, 3.05) is 26.2 Å². The third kappa shape index (κ3) is 6.12. The van der Waals surface area contributed by atoms with Crippen LogP contribution in [0.4, 0.5) is 4.79 Å². The summed E-state index contributed by atoms with van der Waals surface area (Å²) in [5.74, 6) is -2.18. The Labute approximate surface area is 197 Å². The molecule has 4 N–H and O–H groups in total. The first-order valence-corrected chi connectivity index (χ1v) is 11.0. The van der Waals surface area contributed by atoms with Crippen LogP contribution in [-0.2, 0) is 19.1 Å². The Kier molecular flexibility index (Phi) is 7.88. The molecule has 0 heterocycles. The Balaban J connectivity index is 1.43. The van der Waals surface area contributed by atoms with E-state index in [1.807, 2.05) is 36.4 Å². The molecular formula is C25H29N3O6. The number of carboxylic acids is 1. The second-order valence-electron chi connectivity index (χ2n) is 8.74. The van der Waals surface area contributed by atoms with Crippen LogP contribution in [0.2, 0.25) is 0 Å². The van der Waals surface area contributed by atoms with Crippen LogP contribution in [0, 0.1) is 5.41 Å². The zero-order valence-corrected chi connectivity index (χ0v) is 19.2. The second kappa shape index (κ2) is 10.8. The highest BCUT2D eigenvalue weighted by Crippen LogP contribution is 2.44. The largest absolute Gasteiger partial charge is 0.480 e. The number of ether oxygens (including phenoxy) is 1. The number of carbonyl (C=O) groups excluding carboxylic acids is 3. The van der Waals surface area contributed by atoms with Crippen molar-refractivity contribution in [1.29, 1.82) is 0 Å². The molecule has 0 aliphatic heterocycles. The molecule has 0 bridgehead atoms. The number of aliphatic carboxylic acids is 1. The molecule has 3 amide bonds. The Morgan fingerprint density at radius 1 is 0.882 bits per heavy atom. The summed E-state index contributed by atoms with van der Waals surface area (Å²) in [5, 5.41) is 15.9. The minimum Gasteiger partial charge on any atom is -0.480 e. The van der Waals surface area contributed by atoms with Gasteiger partial charge in [0.05, 0.1) is 6.54 Å². The number of benzene rings is 2. The molecule has 0 atom stereocenters. The number of carbonyl (C=O) groups is 4. The fourth-order valence-corrected chi connectivity index (χ4v) is 3.88. The molecule has 0 saturated carbocycles. The van der Waals surface area contributed by atoms with E-state index in [4.69, 9.17) is 9.84 Å². The van der Waals surface area contributed by atoms with Gasteiger partial charge in [0, 0.05) is 17.9 Å². The van der Waals surface area contributed by atoms with Gasteiger partial charge in [-0.25, -0.2) is 4.79 Å². The van der Waals surface area contributed by atoms with Gasteiger partial charge in [-0.1, -0.05) is 62.4 Å². The summed E-state index contributed by atoms with van der Waals surface area (Å²) in [6.45, 7) is 2.96. The van der Waals surface area contributed by atoms with Gasteiger partial charge in [0.15, 0.2) is 0 Å². The number of nitrogens with one attached hydrogen (secondary N) is 3. The highest BCUT2D eigenvalue weighted by Gasteiger charge is 2.30. The predicted molar refractivity (Wildman–Crippen MR) is 125 cm³/mol. The van der Waals surface area contributed by atoms with Crippen molar-refractivity contribution >= 4 is 23.9 Å². The lowest BCUT2D eigenvalue weighted by atomic mass is 9.88. The van der Waals surface area contributed by atoms with E-state index in [9.17, 15) is 19.2 Å². The molecule has 0 fully saturated rings. The SMILES string of the molecule is CC(C)(CCNC(=O)OCC1c2ccccc2-c2ccccc21)C(=O)NCC(=O)NCC(=O)O. The maximum atomic E-state index is 12.4. The van der Waals surface area contributed by atoms with Gasteiger partial charge in [-0.05, 0) is 28.7 Å². The minimum atomic E-state index is -1.17. The number of hydrogen-bond acceptors (Lipinski definition) is 5. The predicted octanol–water partition coefficient (Wildman–Crippen LogP) is 2.26. The Bertz CT molecular complexity index is 1040. The Hall–Kier alpha value is -3.88. The number of alkyl carbamates (subject to hydrolysis) is 1. The first-order valence-electron chi connectivity index (χ1n) is 11.0. The lowest BCUT2D eigenvalue weighted by Crippen LogP contribution is -2.44. The fraction of sp³-hybridized carbons (Fsp3) is 0.360. The average Bonchev–Trinajstić information content (AvgIpc) is 3.13. The lowest BCUT2D eigenvalue weighted by molar-refractivity contribution is -0.138. The van der Waals surface area contributed by atoms with Crippen LogP contribution >= 0.6 is 0 Å². The summed E-state index contributed by atoms with van der Waals surface area (Å²) >= 11 is 0. The molecule has 1 aliphatic carbocycles. The van der Waals surface area contributed by atoms with Gasteiger partial charge in [0.1, 0.15) is 13.2 Å². The lowest BCUT2D eigenvalue weighted by Gasteiger charge is -2.23. The summed E-state index contributed by atoms with van der Waals surface area (Å²) in [6, 6.07) is 16.2. The molecule has 0 aromatic heterocycles. The number of rotatable bonds is 10. The summed E-state index contributed by atoms with van der Waals surface area (Å²) in [7, 11) is 0. The van der Waals surface area contributed by atoms with Crippen LogP contribution in [0.25, 0.3) is 11.1 Å². The smallest absolute Gasteiger partial charge is 0.407 e. The molecule has 180 valence electrons. The third-order valence-corrected chi connectivity index (χ3v) is 5.82. The van der Waals surface area contributed by atoms with Crippen LogP contribution in [0.5, 0.6) is 0 Å². The van der Waals surface area contributed by atoms with Crippen molar-refractivity contribution in [3.05, 3.63) is 59.7 Å². The maximum Gasteiger partial charge on any atom is 0.407 e. The summed E-state index contributed by atoms with van der Waals surface area (Å²) in [4.78, 5) is 46.7. The molecule has 0 spiro atoms. The quantitative estimate of drug-likeness (QED) is 0.424. The zero-order valence-electron chi connectivity index (χ0n) is 19.2. The van der Waals surface area contributed by atoms with Gasteiger partial charge >= 0.3 is 12.1 Å². The van der Waals surface area contributed by atoms with Crippen molar-refractivity contribution in [3.63, 3.8) is 0 Å². The molecule has 9 heteroatoms. The molecule has 0 radical (unpaired) electrons. The van der Waals surface area contributed by atoms with E-state index in [0.717, 1.165) is 22.3 Å². The number of amides is 3. The fourth-order valence-electron chi connectivity index (χ4n) is 3.88. The molecule has 3 rings (SSSR count). The van der Waals surface area contributed by atoms with E-state index in [1.54, 1.807) is 13.8 Å². The second-order valence-corrected chi connectivity index (χ2v) is 8.74. The third-order valence-electron chi connectivity index (χ3n) is 5.82. The Morgan fingerprint density at radius 3 is 2.06 bits per heavy atom. The van der Waals surface area contributed by atoms with E-state index < -0.39 is 29.9 Å². The van der Waals surface area contributed by atoms with Gasteiger partial charge in [-0.2, -0.15) is 0 Å². The van der Waals surface area contributed by atoms with Crippen molar-refractivity contribution in [2.45, 2.75) is 26.2 Å². The Morgan fingerprint density at radius 2 is 1.47 bits per heavy atom. The topological polar surface area (TPSA) is 134 Å². The molecule has 0 unspecified atom stereocenters. The maximum absolute atomic E-state index is 12.4. The standard InChI is InChI=1S/C25H29N3O6/c1-25(2,23(32)28-13-21(29)27-14-22(30)31)11-12-26-24(33)34-15-20-18-9-5-3-7-16(18)17-8-4-6-10-19(17)20/h3-10,20H,11-15H2,1-2H3,(H,26,33)(H,27,29)(H,28,32)(H,30,31). The van der Waals surface area contributed by atoms with E-state index in [-0.39, 0.29) is 31.5 Å². The molecule has 34 heavy (non-hydrogen) atoms.